The summed E-state index contributed by atoms with van der Waals surface area (Å²) in [7, 11) is 0. The molecule has 1 aliphatic heterocycles. The van der Waals surface area contributed by atoms with E-state index >= 15 is 0 Å². The van der Waals surface area contributed by atoms with Gasteiger partial charge in [-0.05, 0) is 29.8 Å². The van der Waals surface area contributed by atoms with Crippen molar-refractivity contribution in [1.82, 2.24) is 30.5 Å². The van der Waals surface area contributed by atoms with Crippen molar-refractivity contribution < 1.29 is 13.2 Å². The average molecular weight is 437 g/mol. The van der Waals surface area contributed by atoms with Crippen LogP contribution in [0.4, 0.5) is 14.5 Å². The van der Waals surface area contributed by atoms with E-state index in [1.165, 1.54) is 5.69 Å². The number of nitrogens with zero attached hydrogens (tertiary/aromatic N) is 6. The molecule has 0 spiro atoms. The largest absolute Gasteiger partial charge is 0.415 e. The van der Waals surface area contributed by atoms with Gasteiger partial charge in [0.2, 0.25) is 5.89 Å². The Morgan fingerprint density at radius 3 is 2.53 bits per heavy atom. The minimum absolute atomic E-state index is 0.0688. The van der Waals surface area contributed by atoms with Crippen LogP contribution in [0.3, 0.4) is 0 Å². The van der Waals surface area contributed by atoms with E-state index in [0.29, 0.717) is 12.1 Å². The van der Waals surface area contributed by atoms with Gasteiger partial charge in [0, 0.05) is 43.0 Å². The third-order valence-corrected chi connectivity index (χ3v) is 5.34. The molecule has 1 N–H and O–H groups in total. The summed E-state index contributed by atoms with van der Waals surface area (Å²) in [6.07, 6.45) is -0.868. The zero-order valence-electron chi connectivity index (χ0n) is 17.2. The van der Waals surface area contributed by atoms with Gasteiger partial charge < -0.3 is 14.6 Å². The van der Waals surface area contributed by atoms with Crippen molar-refractivity contribution in [2.24, 2.45) is 0 Å². The lowest BCUT2D eigenvalue weighted by molar-refractivity contribution is 0.116. The van der Waals surface area contributed by atoms with Crippen molar-refractivity contribution in [1.29, 1.82) is 0 Å². The van der Waals surface area contributed by atoms with Gasteiger partial charge >= 0.3 is 6.43 Å². The number of halogens is 2. The zero-order valence-corrected chi connectivity index (χ0v) is 17.2. The fourth-order valence-electron chi connectivity index (χ4n) is 3.67. The molecule has 0 saturated carbocycles. The van der Waals surface area contributed by atoms with Crippen LogP contribution in [0.2, 0.25) is 0 Å². The van der Waals surface area contributed by atoms with Crippen molar-refractivity contribution in [3.63, 3.8) is 0 Å². The molecule has 3 heterocycles. The normalized spacial score (nSPS) is 14.3. The lowest BCUT2D eigenvalue weighted by atomic mass is 10.1. The Morgan fingerprint density at radius 2 is 1.78 bits per heavy atom. The first-order valence-corrected chi connectivity index (χ1v) is 10.3. The number of alkyl halides is 2. The molecule has 10 heteroatoms. The number of hydrogen-bond donors (Lipinski definition) is 1. The standard InChI is InChI=1S/C22H21F2N7O/c23-20(24)22-28-27-21(32-22)16-6-4-15(5-7-16)13-31-14-19(26-29-31)17-2-1-3-18(12-17)30-10-8-25-9-11-30/h1-7,12,14,20,25H,8-11,13H2. The van der Waals surface area contributed by atoms with Crippen molar-refractivity contribution >= 4 is 5.69 Å². The summed E-state index contributed by atoms with van der Waals surface area (Å²) in [6.45, 7) is 4.47. The number of anilines is 1. The highest BCUT2D eigenvalue weighted by molar-refractivity contribution is 5.65. The van der Waals surface area contributed by atoms with Crippen LogP contribution in [-0.4, -0.2) is 51.4 Å². The Balaban J connectivity index is 1.28. The lowest BCUT2D eigenvalue weighted by Crippen LogP contribution is -2.43. The number of rotatable bonds is 6. The quantitative estimate of drug-likeness (QED) is 0.495. The first-order chi connectivity index (χ1) is 15.7. The molecule has 0 radical (unpaired) electrons. The summed E-state index contributed by atoms with van der Waals surface area (Å²) in [5.41, 5.74) is 4.58. The summed E-state index contributed by atoms with van der Waals surface area (Å²) in [6, 6.07) is 15.6. The Labute approximate surface area is 182 Å². The fraction of sp³-hybridized carbons (Fsp3) is 0.273. The van der Waals surface area contributed by atoms with E-state index < -0.39 is 12.3 Å². The molecule has 0 bridgehead atoms. The van der Waals surface area contributed by atoms with Gasteiger partial charge in [0.05, 0.1) is 12.7 Å². The molecule has 1 aliphatic rings. The third-order valence-electron chi connectivity index (χ3n) is 5.34. The summed E-state index contributed by atoms with van der Waals surface area (Å²) in [5, 5.41) is 19.0. The smallest absolute Gasteiger partial charge is 0.314 e. The summed E-state index contributed by atoms with van der Waals surface area (Å²) in [4.78, 5) is 2.36. The monoisotopic (exact) mass is 437 g/mol. The van der Waals surface area contributed by atoms with Crippen LogP contribution >= 0.6 is 0 Å². The second-order valence-corrected chi connectivity index (χ2v) is 7.53. The number of benzene rings is 2. The van der Waals surface area contributed by atoms with Crippen LogP contribution in [0.1, 0.15) is 17.9 Å². The van der Waals surface area contributed by atoms with Crippen molar-refractivity contribution in [2.45, 2.75) is 13.0 Å². The second kappa shape index (κ2) is 8.83. The maximum absolute atomic E-state index is 12.6. The Hall–Kier alpha value is -3.66. The predicted molar refractivity (Wildman–Crippen MR) is 114 cm³/mol. The molecular weight excluding hydrogens is 416 g/mol. The highest BCUT2D eigenvalue weighted by atomic mass is 19.3. The van der Waals surface area contributed by atoms with Crippen LogP contribution in [0.15, 0.2) is 59.1 Å². The van der Waals surface area contributed by atoms with Crippen LogP contribution < -0.4 is 10.2 Å². The molecule has 32 heavy (non-hydrogen) atoms. The maximum atomic E-state index is 12.6. The van der Waals surface area contributed by atoms with Gasteiger partial charge in [0.15, 0.2) is 0 Å². The first kappa shape index (κ1) is 20.3. The first-order valence-electron chi connectivity index (χ1n) is 10.3. The van der Waals surface area contributed by atoms with Gasteiger partial charge in [-0.2, -0.15) is 8.78 Å². The van der Waals surface area contributed by atoms with E-state index in [0.717, 1.165) is 43.0 Å². The van der Waals surface area contributed by atoms with Gasteiger partial charge in [0.25, 0.3) is 5.89 Å². The molecular formula is C22H21F2N7O. The number of hydrogen-bond acceptors (Lipinski definition) is 7. The second-order valence-electron chi connectivity index (χ2n) is 7.53. The Bertz CT molecular complexity index is 1180. The van der Waals surface area contributed by atoms with E-state index in [2.05, 4.69) is 42.9 Å². The van der Waals surface area contributed by atoms with E-state index in [9.17, 15) is 8.78 Å². The third kappa shape index (κ3) is 4.35. The van der Waals surface area contributed by atoms with E-state index in [1.807, 2.05) is 30.5 Å². The Morgan fingerprint density at radius 1 is 0.969 bits per heavy atom. The van der Waals surface area contributed by atoms with E-state index in [1.54, 1.807) is 16.8 Å². The van der Waals surface area contributed by atoms with Crippen molar-refractivity contribution in [3.05, 3.63) is 66.2 Å². The number of piperazine rings is 1. The average Bonchev–Trinajstić information content (AvgIpc) is 3.51. The van der Waals surface area contributed by atoms with E-state index in [-0.39, 0.29) is 5.89 Å². The van der Waals surface area contributed by atoms with Gasteiger partial charge in [-0.25, -0.2) is 4.68 Å². The molecule has 1 saturated heterocycles. The van der Waals surface area contributed by atoms with Crippen LogP contribution in [0.25, 0.3) is 22.7 Å². The predicted octanol–water partition coefficient (Wildman–Crippen LogP) is 3.39. The van der Waals surface area contributed by atoms with Gasteiger partial charge in [-0.3, -0.25) is 0 Å². The highest BCUT2D eigenvalue weighted by Crippen LogP contribution is 2.25. The molecule has 164 valence electrons. The molecule has 4 aromatic rings. The molecule has 0 atom stereocenters. The minimum atomic E-state index is -2.78. The molecule has 0 unspecified atom stereocenters. The maximum Gasteiger partial charge on any atom is 0.314 e. The molecule has 0 amide bonds. The van der Waals surface area contributed by atoms with Crippen molar-refractivity contribution in [3.8, 4) is 22.7 Å². The summed E-state index contributed by atoms with van der Waals surface area (Å²) < 4.78 is 32.0. The fourth-order valence-corrected chi connectivity index (χ4v) is 3.67. The molecule has 2 aromatic heterocycles. The van der Waals surface area contributed by atoms with Gasteiger partial charge in [-0.1, -0.05) is 29.5 Å². The summed E-state index contributed by atoms with van der Waals surface area (Å²) in [5.74, 6) is -0.612. The van der Waals surface area contributed by atoms with Crippen LogP contribution in [-0.2, 0) is 6.54 Å². The minimum Gasteiger partial charge on any atom is -0.415 e. The van der Waals surface area contributed by atoms with Crippen LogP contribution in [0.5, 0.6) is 0 Å². The molecule has 0 aliphatic carbocycles. The molecule has 2 aromatic carbocycles. The topological polar surface area (TPSA) is 84.9 Å². The van der Waals surface area contributed by atoms with E-state index in [4.69, 9.17) is 4.42 Å². The number of aromatic nitrogens is 5. The zero-order chi connectivity index (χ0) is 21.9. The van der Waals surface area contributed by atoms with Gasteiger partial charge in [0.1, 0.15) is 5.69 Å². The lowest BCUT2D eigenvalue weighted by Gasteiger charge is -2.29. The summed E-state index contributed by atoms with van der Waals surface area (Å²) >= 11 is 0. The molecule has 5 rings (SSSR count). The SMILES string of the molecule is FC(F)c1nnc(-c2ccc(Cn3cc(-c4cccc(N5CCNCC5)c4)nn3)cc2)o1. The Kier molecular flexibility index (Phi) is 5.59. The van der Waals surface area contributed by atoms with Gasteiger partial charge in [-0.15, -0.1) is 15.3 Å². The molecule has 1 fully saturated rings. The number of nitrogens with one attached hydrogen (secondary N) is 1. The van der Waals surface area contributed by atoms with Crippen LogP contribution in [0, 0.1) is 0 Å². The molecule has 8 nitrogen and oxygen atoms in total. The van der Waals surface area contributed by atoms with Crippen molar-refractivity contribution in [2.75, 3.05) is 31.1 Å². The highest BCUT2D eigenvalue weighted by Gasteiger charge is 2.17.